The van der Waals surface area contributed by atoms with Crippen LogP contribution in [0.5, 0.6) is 0 Å². The molecule has 1 fully saturated rings. The second-order valence-corrected chi connectivity index (χ2v) is 3.86. The van der Waals surface area contributed by atoms with Gasteiger partial charge in [0.2, 0.25) is 0 Å². The van der Waals surface area contributed by atoms with E-state index in [1.165, 1.54) is 7.11 Å². The number of carbonyl (C=O) groups excluding carboxylic acids is 1. The quantitative estimate of drug-likeness (QED) is 0.521. The van der Waals surface area contributed by atoms with E-state index < -0.39 is 23.8 Å². The highest BCUT2D eigenvalue weighted by Gasteiger charge is 2.52. The monoisotopic (exact) mass is 196 g/mol. The maximum absolute atomic E-state index is 11.4. The lowest BCUT2D eigenvalue weighted by Crippen LogP contribution is -2.33. The third-order valence-electron chi connectivity index (χ3n) is 3.22. The zero-order valence-electron chi connectivity index (χ0n) is 7.84. The number of carboxylic acids is 1. The predicted octanol–water partition coefficient (Wildman–Crippen LogP) is 0.682. The molecule has 4 nitrogen and oxygen atoms in total. The van der Waals surface area contributed by atoms with Crippen LogP contribution >= 0.6 is 0 Å². The van der Waals surface area contributed by atoms with Gasteiger partial charge in [0.1, 0.15) is 0 Å². The molecule has 2 aliphatic carbocycles. The Hall–Kier alpha value is -1.32. The molecule has 0 aliphatic heterocycles. The Bertz CT molecular complexity index is 307. The maximum Gasteiger partial charge on any atom is 0.310 e. The Kier molecular flexibility index (Phi) is 2.06. The number of methoxy groups -OCH3 is 1. The molecule has 14 heavy (non-hydrogen) atoms. The normalized spacial score (nSPS) is 38.6. The molecule has 0 saturated heterocycles. The number of esters is 1. The van der Waals surface area contributed by atoms with Crippen LogP contribution in [-0.2, 0) is 14.3 Å². The topological polar surface area (TPSA) is 63.6 Å². The fourth-order valence-electron chi connectivity index (χ4n) is 2.62. The van der Waals surface area contributed by atoms with Crippen LogP contribution in [-0.4, -0.2) is 24.2 Å². The van der Waals surface area contributed by atoms with Gasteiger partial charge in [-0.25, -0.2) is 0 Å². The highest BCUT2D eigenvalue weighted by atomic mass is 16.5. The molecule has 76 valence electrons. The van der Waals surface area contributed by atoms with Gasteiger partial charge in [0.05, 0.1) is 18.9 Å². The minimum absolute atomic E-state index is 0.0154. The fourth-order valence-corrected chi connectivity index (χ4v) is 2.62. The molecule has 0 amide bonds. The summed E-state index contributed by atoms with van der Waals surface area (Å²) in [4.78, 5) is 22.4. The van der Waals surface area contributed by atoms with Gasteiger partial charge in [0, 0.05) is 0 Å². The Morgan fingerprint density at radius 2 is 1.86 bits per heavy atom. The number of allylic oxidation sites excluding steroid dienone is 2. The fraction of sp³-hybridized carbons (Fsp3) is 0.600. The van der Waals surface area contributed by atoms with E-state index >= 15 is 0 Å². The maximum atomic E-state index is 11.4. The van der Waals surface area contributed by atoms with Crippen LogP contribution < -0.4 is 0 Å². The first-order valence-corrected chi connectivity index (χ1v) is 4.64. The number of ether oxygens (including phenoxy) is 1. The largest absolute Gasteiger partial charge is 0.481 e. The molecule has 2 rings (SSSR count). The Morgan fingerprint density at radius 3 is 2.36 bits per heavy atom. The van der Waals surface area contributed by atoms with Crippen molar-refractivity contribution >= 4 is 11.9 Å². The summed E-state index contributed by atoms with van der Waals surface area (Å²) in [6, 6.07) is 0. The van der Waals surface area contributed by atoms with E-state index in [1.807, 2.05) is 12.2 Å². The SMILES string of the molecule is COC(=O)[C@@H]1[C@H](C(=O)O)[C@H]2C=C[C@H]1C2. The van der Waals surface area contributed by atoms with Crippen molar-refractivity contribution in [3.63, 3.8) is 0 Å². The number of carbonyl (C=O) groups is 2. The molecule has 0 aromatic heterocycles. The van der Waals surface area contributed by atoms with Gasteiger partial charge in [-0.2, -0.15) is 0 Å². The van der Waals surface area contributed by atoms with Gasteiger partial charge in [0.15, 0.2) is 0 Å². The van der Waals surface area contributed by atoms with E-state index in [-0.39, 0.29) is 11.8 Å². The van der Waals surface area contributed by atoms with E-state index in [4.69, 9.17) is 5.11 Å². The van der Waals surface area contributed by atoms with Crippen LogP contribution in [0.25, 0.3) is 0 Å². The van der Waals surface area contributed by atoms with Crippen molar-refractivity contribution in [1.29, 1.82) is 0 Å². The number of carboxylic acid groups (broad SMARTS) is 1. The third-order valence-corrected chi connectivity index (χ3v) is 3.22. The minimum atomic E-state index is -0.891. The molecule has 2 aliphatic rings. The molecular weight excluding hydrogens is 184 g/mol. The molecule has 0 unspecified atom stereocenters. The van der Waals surface area contributed by atoms with E-state index in [0.717, 1.165) is 6.42 Å². The zero-order chi connectivity index (χ0) is 10.3. The molecule has 1 N–H and O–H groups in total. The van der Waals surface area contributed by atoms with Crippen molar-refractivity contribution in [1.82, 2.24) is 0 Å². The highest BCUT2D eigenvalue weighted by molar-refractivity contribution is 5.83. The predicted molar refractivity (Wildman–Crippen MR) is 47.4 cm³/mol. The van der Waals surface area contributed by atoms with Crippen LogP contribution in [0.2, 0.25) is 0 Å². The Labute approximate surface area is 81.6 Å². The third kappa shape index (κ3) is 1.14. The van der Waals surface area contributed by atoms with Gasteiger partial charge in [-0.1, -0.05) is 12.2 Å². The van der Waals surface area contributed by atoms with E-state index in [0.29, 0.717) is 0 Å². The van der Waals surface area contributed by atoms with Crippen LogP contribution in [0.1, 0.15) is 6.42 Å². The van der Waals surface area contributed by atoms with Crippen molar-refractivity contribution in [2.75, 3.05) is 7.11 Å². The van der Waals surface area contributed by atoms with Crippen molar-refractivity contribution < 1.29 is 19.4 Å². The summed E-state index contributed by atoms with van der Waals surface area (Å²) in [6.07, 6.45) is 4.62. The molecule has 0 aromatic carbocycles. The lowest BCUT2D eigenvalue weighted by Gasteiger charge is -2.21. The number of rotatable bonds is 2. The van der Waals surface area contributed by atoms with Crippen molar-refractivity contribution in [3.8, 4) is 0 Å². The van der Waals surface area contributed by atoms with Gasteiger partial charge < -0.3 is 9.84 Å². The first kappa shape index (κ1) is 9.24. The molecule has 2 bridgehead atoms. The van der Waals surface area contributed by atoms with E-state index in [1.54, 1.807) is 0 Å². The molecule has 0 radical (unpaired) electrons. The summed E-state index contributed by atoms with van der Waals surface area (Å²) < 4.78 is 4.63. The van der Waals surface area contributed by atoms with Gasteiger partial charge in [-0.15, -0.1) is 0 Å². The number of hydrogen-bond donors (Lipinski definition) is 1. The van der Waals surface area contributed by atoms with Crippen molar-refractivity contribution in [2.45, 2.75) is 6.42 Å². The Morgan fingerprint density at radius 1 is 1.29 bits per heavy atom. The number of aliphatic carboxylic acids is 1. The zero-order valence-corrected chi connectivity index (χ0v) is 7.84. The minimum Gasteiger partial charge on any atom is -0.481 e. The number of hydrogen-bond acceptors (Lipinski definition) is 3. The van der Waals surface area contributed by atoms with Gasteiger partial charge in [-0.05, 0) is 18.3 Å². The standard InChI is InChI=1S/C10H12O4/c1-14-10(13)8-6-3-2-5(4-6)7(8)9(11)12/h2-3,5-8H,4H2,1H3,(H,11,12)/t5-,6-,7+,8-/m0/s1. The average Bonchev–Trinajstić information content (AvgIpc) is 2.74. The lowest BCUT2D eigenvalue weighted by atomic mass is 9.83. The summed E-state index contributed by atoms with van der Waals surface area (Å²) >= 11 is 0. The second kappa shape index (κ2) is 3.12. The van der Waals surface area contributed by atoms with Gasteiger partial charge in [-0.3, -0.25) is 9.59 Å². The smallest absolute Gasteiger partial charge is 0.310 e. The lowest BCUT2D eigenvalue weighted by molar-refractivity contribution is -0.156. The molecule has 0 heterocycles. The molecule has 1 saturated carbocycles. The summed E-state index contributed by atoms with van der Waals surface area (Å²) in [7, 11) is 1.30. The van der Waals surface area contributed by atoms with Crippen LogP contribution in [0.3, 0.4) is 0 Å². The van der Waals surface area contributed by atoms with Crippen LogP contribution in [0.15, 0.2) is 12.2 Å². The van der Waals surface area contributed by atoms with Crippen molar-refractivity contribution in [3.05, 3.63) is 12.2 Å². The molecule has 0 spiro atoms. The summed E-state index contributed by atoms with van der Waals surface area (Å²) in [5.41, 5.74) is 0. The van der Waals surface area contributed by atoms with Crippen LogP contribution in [0.4, 0.5) is 0 Å². The second-order valence-electron chi connectivity index (χ2n) is 3.86. The molecule has 4 heteroatoms. The van der Waals surface area contributed by atoms with Gasteiger partial charge >= 0.3 is 11.9 Å². The summed E-state index contributed by atoms with van der Waals surface area (Å²) in [6.45, 7) is 0. The first-order chi connectivity index (χ1) is 6.65. The molecular formula is C10H12O4. The van der Waals surface area contributed by atoms with E-state index in [2.05, 4.69) is 4.74 Å². The molecule has 4 atom stereocenters. The van der Waals surface area contributed by atoms with Crippen LogP contribution in [0, 0.1) is 23.7 Å². The first-order valence-electron chi connectivity index (χ1n) is 4.64. The van der Waals surface area contributed by atoms with Gasteiger partial charge in [0.25, 0.3) is 0 Å². The number of fused-ring (bicyclic) bond motifs is 2. The Balaban J connectivity index is 2.26. The van der Waals surface area contributed by atoms with E-state index in [9.17, 15) is 9.59 Å². The highest BCUT2D eigenvalue weighted by Crippen LogP contribution is 2.48. The average molecular weight is 196 g/mol. The summed E-state index contributed by atoms with van der Waals surface area (Å²) in [5, 5.41) is 9.01. The molecule has 0 aromatic rings. The van der Waals surface area contributed by atoms with Crippen molar-refractivity contribution in [2.24, 2.45) is 23.7 Å². The summed E-state index contributed by atoms with van der Waals surface area (Å²) in [5.74, 6) is -2.27.